The van der Waals surface area contributed by atoms with E-state index in [1.807, 2.05) is 0 Å². The van der Waals surface area contributed by atoms with Crippen LogP contribution in [0, 0.1) is 5.82 Å². The van der Waals surface area contributed by atoms with E-state index in [4.69, 9.17) is 27.9 Å². The molecule has 1 N–H and O–H groups in total. The second-order valence-corrected chi connectivity index (χ2v) is 9.13. The van der Waals surface area contributed by atoms with Gasteiger partial charge in [0, 0.05) is 35.6 Å². The molecule has 8 heteroatoms. The van der Waals surface area contributed by atoms with Gasteiger partial charge < -0.3 is 14.6 Å². The number of nitrogens with one attached hydrogen (secondary N) is 1. The van der Waals surface area contributed by atoms with Crippen molar-refractivity contribution in [1.82, 2.24) is 9.55 Å². The number of aromatic nitrogens is 2. The molecular weight excluding hydrogens is 476 g/mol. The molecule has 1 aliphatic rings. The summed E-state index contributed by atoms with van der Waals surface area (Å²) >= 11 is 12.5. The van der Waals surface area contributed by atoms with Crippen LogP contribution in [-0.2, 0) is 19.4 Å². The Labute approximate surface area is 206 Å². The Kier molecular flexibility index (Phi) is 6.19. The molecule has 1 amide bonds. The number of amides is 1. The molecule has 5 rings (SSSR count). The fourth-order valence-electron chi connectivity index (χ4n) is 4.75. The van der Waals surface area contributed by atoms with Gasteiger partial charge in [-0.25, -0.2) is 4.39 Å². The third-order valence-corrected chi connectivity index (χ3v) is 6.86. The molecule has 0 fully saturated rings. The number of hydrogen-bond donors (Lipinski definition) is 1. The smallest absolute Gasteiger partial charge is 0.256 e. The molecule has 0 aliphatic heterocycles. The third kappa shape index (κ3) is 4.01. The molecule has 2 aromatic heterocycles. The Hall–Kier alpha value is -3.09. The highest BCUT2D eigenvalue weighted by molar-refractivity contribution is 6.40. The maximum atomic E-state index is 13.5. The number of anilines is 1. The Morgan fingerprint density at radius 1 is 1.09 bits per heavy atom. The fourth-order valence-corrected chi connectivity index (χ4v) is 5.21. The number of methoxy groups -OCH3 is 1. The number of hydrogen-bond acceptors (Lipinski definition) is 3. The van der Waals surface area contributed by atoms with Gasteiger partial charge in [-0.2, -0.15) is 0 Å². The van der Waals surface area contributed by atoms with E-state index in [1.54, 1.807) is 31.4 Å². The number of ether oxygens (including phenoxy) is 1. The minimum atomic E-state index is -0.310. The molecule has 174 valence electrons. The van der Waals surface area contributed by atoms with Crippen LogP contribution in [0.25, 0.3) is 10.9 Å². The lowest BCUT2D eigenvalue weighted by Crippen LogP contribution is -2.14. The first-order valence-corrected chi connectivity index (χ1v) is 11.8. The second kappa shape index (κ2) is 9.28. The van der Waals surface area contributed by atoms with Crippen molar-refractivity contribution < 1.29 is 13.9 Å². The molecule has 5 nitrogen and oxygen atoms in total. The lowest BCUT2D eigenvalue weighted by molar-refractivity contribution is 0.102. The van der Waals surface area contributed by atoms with Gasteiger partial charge in [-0.05, 0) is 61.1 Å². The summed E-state index contributed by atoms with van der Waals surface area (Å²) in [5.74, 6) is 0.103. The summed E-state index contributed by atoms with van der Waals surface area (Å²) in [7, 11) is 1.62. The van der Waals surface area contributed by atoms with Crippen LogP contribution in [0.3, 0.4) is 0 Å². The lowest BCUT2D eigenvalue weighted by atomic mass is 9.93. The number of rotatable bonds is 5. The first kappa shape index (κ1) is 22.7. The molecule has 0 atom stereocenters. The zero-order chi connectivity index (χ0) is 23.8. The highest BCUT2D eigenvalue weighted by Crippen LogP contribution is 2.40. The number of carbonyl (C=O) groups excluding carboxylic acids is 1. The number of nitrogens with zero attached hydrogens (tertiary/aromatic N) is 2. The first-order valence-electron chi connectivity index (χ1n) is 11.0. The van der Waals surface area contributed by atoms with Crippen molar-refractivity contribution in [3.8, 4) is 5.75 Å². The average molecular weight is 498 g/mol. The van der Waals surface area contributed by atoms with Crippen molar-refractivity contribution >= 4 is 45.7 Å². The van der Waals surface area contributed by atoms with Crippen LogP contribution in [0.1, 0.15) is 40.0 Å². The Morgan fingerprint density at radius 2 is 1.79 bits per heavy atom. The van der Waals surface area contributed by atoms with Gasteiger partial charge in [-0.3, -0.25) is 9.78 Å². The van der Waals surface area contributed by atoms with Crippen molar-refractivity contribution in [3.63, 3.8) is 0 Å². The van der Waals surface area contributed by atoms with E-state index in [-0.39, 0.29) is 21.8 Å². The van der Waals surface area contributed by atoms with Crippen LogP contribution >= 0.6 is 23.2 Å². The van der Waals surface area contributed by atoms with Gasteiger partial charge in [0.15, 0.2) is 0 Å². The molecule has 0 spiro atoms. The van der Waals surface area contributed by atoms with Crippen molar-refractivity contribution in [1.29, 1.82) is 0 Å². The van der Waals surface area contributed by atoms with Crippen LogP contribution in [0.15, 0.2) is 48.8 Å². The number of benzene rings is 2. The highest BCUT2D eigenvalue weighted by Gasteiger charge is 2.27. The number of halogens is 3. The van der Waals surface area contributed by atoms with E-state index in [0.29, 0.717) is 23.5 Å². The zero-order valence-electron chi connectivity index (χ0n) is 18.5. The predicted molar refractivity (Wildman–Crippen MR) is 133 cm³/mol. The molecule has 2 aromatic carbocycles. The van der Waals surface area contributed by atoms with Gasteiger partial charge in [0.2, 0.25) is 0 Å². The summed E-state index contributed by atoms with van der Waals surface area (Å²) in [6, 6.07) is 10.1. The minimum absolute atomic E-state index is 0.265. The van der Waals surface area contributed by atoms with Crippen molar-refractivity contribution in [2.24, 2.45) is 0 Å². The molecule has 34 heavy (non-hydrogen) atoms. The molecule has 0 saturated carbocycles. The van der Waals surface area contributed by atoms with Gasteiger partial charge in [0.05, 0.1) is 28.4 Å². The maximum Gasteiger partial charge on any atom is 0.256 e. The SMILES string of the molecule is COc1ccc(C(=O)Nc2c(Cl)cncc2Cl)c2c3c(n(Cc4ccc(F)cc4)c12)CCCC3. The Balaban J connectivity index is 1.68. The van der Waals surface area contributed by atoms with Gasteiger partial charge >= 0.3 is 0 Å². The van der Waals surface area contributed by atoms with Crippen LogP contribution < -0.4 is 10.1 Å². The summed E-state index contributed by atoms with van der Waals surface area (Å²) in [6.07, 6.45) is 6.76. The fraction of sp³-hybridized carbons (Fsp3) is 0.231. The van der Waals surface area contributed by atoms with E-state index < -0.39 is 0 Å². The number of pyridine rings is 1. The van der Waals surface area contributed by atoms with Gasteiger partial charge in [-0.1, -0.05) is 35.3 Å². The van der Waals surface area contributed by atoms with Crippen LogP contribution in [0.5, 0.6) is 5.75 Å². The standard InChI is InChI=1S/C26H22Cl2FN3O2/c1-34-22-11-10-18(26(33)31-24-19(27)12-30-13-20(24)28)23-17-4-2-3-5-21(17)32(25(22)23)14-15-6-8-16(29)9-7-15/h6-13H,2-5,14H2,1H3,(H,30,31,33). The lowest BCUT2D eigenvalue weighted by Gasteiger charge is -2.16. The van der Waals surface area contributed by atoms with E-state index in [1.165, 1.54) is 30.2 Å². The Bertz CT molecular complexity index is 1380. The van der Waals surface area contributed by atoms with E-state index in [2.05, 4.69) is 14.9 Å². The van der Waals surface area contributed by atoms with Crippen LogP contribution in [0.4, 0.5) is 10.1 Å². The predicted octanol–water partition coefficient (Wildman–Crippen LogP) is 6.67. The molecule has 0 saturated heterocycles. The van der Waals surface area contributed by atoms with Crippen LogP contribution in [-0.4, -0.2) is 22.6 Å². The number of fused-ring (bicyclic) bond motifs is 3. The van der Waals surface area contributed by atoms with Gasteiger partial charge in [0.25, 0.3) is 5.91 Å². The van der Waals surface area contributed by atoms with Crippen molar-refractivity contribution in [3.05, 3.63) is 87.0 Å². The molecule has 2 heterocycles. The summed E-state index contributed by atoms with van der Waals surface area (Å²) in [6.45, 7) is 0.551. The largest absolute Gasteiger partial charge is 0.495 e. The normalized spacial score (nSPS) is 13.1. The van der Waals surface area contributed by atoms with Crippen LogP contribution in [0.2, 0.25) is 10.0 Å². The van der Waals surface area contributed by atoms with E-state index in [0.717, 1.165) is 47.7 Å². The molecular formula is C26H22Cl2FN3O2. The minimum Gasteiger partial charge on any atom is -0.495 e. The highest BCUT2D eigenvalue weighted by atomic mass is 35.5. The van der Waals surface area contributed by atoms with Gasteiger partial charge in [0.1, 0.15) is 11.6 Å². The maximum absolute atomic E-state index is 13.5. The van der Waals surface area contributed by atoms with Crippen molar-refractivity contribution in [2.45, 2.75) is 32.2 Å². The van der Waals surface area contributed by atoms with Crippen molar-refractivity contribution in [2.75, 3.05) is 12.4 Å². The monoisotopic (exact) mass is 497 g/mol. The summed E-state index contributed by atoms with van der Waals surface area (Å²) < 4.78 is 21.4. The van der Waals surface area contributed by atoms with Gasteiger partial charge in [-0.15, -0.1) is 0 Å². The topological polar surface area (TPSA) is 56.1 Å². The second-order valence-electron chi connectivity index (χ2n) is 8.32. The summed E-state index contributed by atoms with van der Waals surface area (Å²) in [4.78, 5) is 17.4. The number of carbonyl (C=O) groups is 1. The Morgan fingerprint density at radius 3 is 2.50 bits per heavy atom. The molecule has 0 unspecified atom stereocenters. The molecule has 0 bridgehead atoms. The quantitative estimate of drug-likeness (QED) is 0.334. The molecule has 0 radical (unpaired) electrons. The summed E-state index contributed by atoms with van der Waals surface area (Å²) in [5.41, 5.74) is 5.02. The third-order valence-electron chi connectivity index (χ3n) is 6.29. The zero-order valence-corrected chi connectivity index (χ0v) is 20.0. The van der Waals surface area contributed by atoms with E-state index >= 15 is 0 Å². The number of aryl methyl sites for hydroxylation is 1. The summed E-state index contributed by atoms with van der Waals surface area (Å²) in [5, 5.41) is 4.26. The first-order chi connectivity index (χ1) is 16.5. The molecule has 1 aliphatic carbocycles. The molecule has 4 aromatic rings. The van der Waals surface area contributed by atoms with E-state index in [9.17, 15) is 9.18 Å². The average Bonchev–Trinajstić information content (AvgIpc) is 3.17.